The van der Waals surface area contributed by atoms with Crippen LogP contribution in [0.1, 0.15) is 23.6 Å². The second-order valence-corrected chi connectivity index (χ2v) is 8.52. The van der Waals surface area contributed by atoms with E-state index in [-0.39, 0.29) is 17.5 Å². The Hall–Kier alpha value is -2.60. The lowest BCUT2D eigenvalue weighted by molar-refractivity contribution is -0.143. The maximum Gasteiger partial charge on any atom is 0.416 e. The van der Waals surface area contributed by atoms with Gasteiger partial charge in [-0.05, 0) is 37.3 Å². The third kappa shape index (κ3) is 6.20. The van der Waals surface area contributed by atoms with E-state index in [1.807, 2.05) is 5.32 Å². The Morgan fingerprint density at radius 3 is 1.84 bits per heavy atom. The summed E-state index contributed by atoms with van der Waals surface area (Å²) in [6, 6.07) is 6.36. The summed E-state index contributed by atoms with van der Waals surface area (Å²) in [5.41, 5.74) is -3.16. The molecule has 1 amide bonds. The van der Waals surface area contributed by atoms with Gasteiger partial charge in [0.05, 0.1) is 22.6 Å². The molecule has 2 aromatic rings. The normalized spacial score (nSPS) is 12.8. The molecule has 0 unspecified atom stereocenters. The summed E-state index contributed by atoms with van der Waals surface area (Å²) in [4.78, 5) is 12.2. The highest BCUT2D eigenvalue weighted by molar-refractivity contribution is 7.89. The van der Waals surface area contributed by atoms with Crippen molar-refractivity contribution in [3.8, 4) is 0 Å². The molecule has 2 aromatic carbocycles. The topological polar surface area (TPSA) is 66.5 Å². The SMILES string of the molecule is CCN(CC(=O)Nc1cc(C(F)(F)F)cc(C(F)(F)F)c1)S(=O)(=O)c1ccc(C)cc1. The van der Waals surface area contributed by atoms with E-state index < -0.39 is 51.6 Å². The summed E-state index contributed by atoms with van der Waals surface area (Å²) < 4.78 is 104. The molecule has 0 aliphatic rings. The van der Waals surface area contributed by atoms with Crippen molar-refractivity contribution in [3.63, 3.8) is 0 Å². The van der Waals surface area contributed by atoms with Crippen LogP contribution in [0.5, 0.6) is 0 Å². The molecule has 0 saturated carbocycles. The Balaban J connectivity index is 2.29. The number of benzene rings is 2. The number of carbonyl (C=O) groups is 1. The molecule has 170 valence electrons. The second-order valence-electron chi connectivity index (χ2n) is 6.59. The Bertz CT molecular complexity index is 1020. The zero-order valence-corrected chi connectivity index (χ0v) is 17.1. The van der Waals surface area contributed by atoms with Gasteiger partial charge in [-0.15, -0.1) is 0 Å². The minimum Gasteiger partial charge on any atom is -0.325 e. The standard InChI is InChI=1S/C19H18F6N2O3S/c1-3-27(31(29,30)16-6-4-12(2)5-7-16)11-17(28)26-15-9-13(18(20,21)22)8-14(10-15)19(23,24)25/h4-10H,3,11H2,1-2H3,(H,26,28). The number of rotatable bonds is 6. The van der Waals surface area contributed by atoms with E-state index >= 15 is 0 Å². The van der Waals surface area contributed by atoms with Crippen LogP contribution < -0.4 is 5.32 Å². The summed E-state index contributed by atoms with van der Waals surface area (Å²) in [6.07, 6.45) is -10.2. The van der Waals surface area contributed by atoms with E-state index in [9.17, 15) is 39.6 Å². The van der Waals surface area contributed by atoms with E-state index in [4.69, 9.17) is 0 Å². The van der Waals surface area contributed by atoms with Crippen molar-refractivity contribution in [1.82, 2.24) is 4.31 Å². The Kier molecular flexibility index (Phi) is 7.06. The lowest BCUT2D eigenvalue weighted by Crippen LogP contribution is -2.37. The zero-order chi connectivity index (χ0) is 23.6. The fourth-order valence-electron chi connectivity index (χ4n) is 2.61. The number of halogens is 6. The van der Waals surface area contributed by atoms with Gasteiger partial charge < -0.3 is 5.32 Å². The smallest absolute Gasteiger partial charge is 0.325 e. The molecule has 0 heterocycles. The number of nitrogens with one attached hydrogen (secondary N) is 1. The predicted molar refractivity (Wildman–Crippen MR) is 101 cm³/mol. The molecule has 0 atom stereocenters. The molecule has 0 aliphatic heterocycles. The van der Waals surface area contributed by atoms with Crippen LogP contribution in [-0.4, -0.2) is 31.7 Å². The fourth-order valence-corrected chi connectivity index (χ4v) is 4.02. The quantitative estimate of drug-likeness (QED) is 0.626. The van der Waals surface area contributed by atoms with E-state index in [2.05, 4.69) is 0 Å². The minimum absolute atomic E-state index is 0.0736. The molecule has 0 saturated heterocycles. The van der Waals surface area contributed by atoms with Gasteiger partial charge in [0.15, 0.2) is 0 Å². The molecule has 0 radical (unpaired) electrons. The number of alkyl halides is 6. The maximum atomic E-state index is 12.9. The van der Waals surface area contributed by atoms with E-state index in [0.717, 1.165) is 9.87 Å². The first-order chi connectivity index (χ1) is 14.1. The number of nitrogens with zero attached hydrogens (tertiary/aromatic N) is 1. The van der Waals surface area contributed by atoms with Gasteiger partial charge in [0, 0.05) is 12.2 Å². The number of anilines is 1. The first-order valence-corrected chi connectivity index (χ1v) is 10.2. The van der Waals surface area contributed by atoms with Crippen molar-refractivity contribution in [1.29, 1.82) is 0 Å². The summed E-state index contributed by atoms with van der Waals surface area (Å²) in [6.45, 7) is 2.22. The molecular formula is C19H18F6N2O3S. The molecule has 0 aromatic heterocycles. The number of amides is 1. The molecule has 1 N–H and O–H groups in total. The lowest BCUT2D eigenvalue weighted by Gasteiger charge is -2.20. The van der Waals surface area contributed by atoms with E-state index in [0.29, 0.717) is 12.1 Å². The molecule has 31 heavy (non-hydrogen) atoms. The van der Waals surface area contributed by atoms with Crippen molar-refractivity contribution in [2.75, 3.05) is 18.4 Å². The molecule has 0 aliphatic carbocycles. The lowest BCUT2D eigenvalue weighted by atomic mass is 10.1. The highest BCUT2D eigenvalue weighted by atomic mass is 32.2. The second kappa shape index (κ2) is 8.87. The van der Waals surface area contributed by atoms with Gasteiger partial charge in [-0.2, -0.15) is 30.6 Å². The highest BCUT2D eigenvalue weighted by Gasteiger charge is 2.37. The van der Waals surface area contributed by atoms with Crippen LogP contribution in [0.2, 0.25) is 0 Å². The summed E-state index contributed by atoms with van der Waals surface area (Å²) >= 11 is 0. The Morgan fingerprint density at radius 1 is 0.935 bits per heavy atom. The van der Waals surface area contributed by atoms with Crippen molar-refractivity contribution >= 4 is 21.6 Å². The first kappa shape index (κ1) is 24.7. The maximum absolute atomic E-state index is 12.9. The summed E-state index contributed by atoms with van der Waals surface area (Å²) in [7, 11) is -4.11. The largest absolute Gasteiger partial charge is 0.416 e. The van der Waals surface area contributed by atoms with Crippen molar-refractivity contribution < 1.29 is 39.6 Å². The summed E-state index contributed by atoms with van der Waals surface area (Å²) in [5.74, 6) is -1.09. The average Bonchev–Trinajstić information content (AvgIpc) is 2.64. The molecular weight excluding hydrogens is 450 g/mol. The molecule has 2 rings (SSSR count). The van der Waals surface area contributed by atoms with Gasteiger partial charge in [0.25, 0.3) is 0 Å². The zero-order valence-electron chi connectivity index (χ0n) is 16.3. The van der Waals surface area contributed by atoms with Gasteiger partial charge in [-0.3, -0.25) is 4.79 Å². The number of hydrogen-bond acceptors (Lipinski definition) is 3. The van der Waals surface area contributed by atoms with Crippen molar-refractivity contribution in [3.05, 3.63) is 59.2 Å². The van der Waals surface area contributed by atoms with Gasteiger partial charge >= 0.3 is 12.4 Å². The predicted octanol–water partition coefficient (Wildman–Crippen LogP) is 4.68. The Labute approximate surface area is 174 Å². The minimum atomic E-state index is -5.08. The van der Waals surface area contributed by atoms with E-state index in [1.54, 1.807) is 19.1 Å². The molecule has 0 fully saturated rings. The Morgan fingerprint density at radius 2 is 1.42 bits per heavy atom. The van der Waals surface area contributed by atoms with Crippen LogP contribution in [0.4, 0.5) is 32.0 Å². The van der Waals surface area contributed by atoms with Crippen LogP contribution in [0.3, 0.4) is 0 Å². The monoisotopic (exact) mass is 468 g/mol. The van der Waals surface area contributed by atoms with Gasteiger partial charge in [-0.1, -0.05) is 24.6 Å². The fraction of sp³-hybridized carbons (Fsp3) is 0.316. The number of hydrogen-bond donors (Lipinski definition) is 1. The highest BCUT2D eigenvalue weighted by Crippen LogP contribution is 2.37. The third-order valence-corrected chi connectivity index (χ3v) is 6.14. The van der Waals surface area contributed by atoms with Crippen LogP contribution in [0.25, 0.3) is 0 Å². The van der Waals surface area contributed by atoms with Crippen LogP contribution in [-0.2, 0) is 27.2 Å². The molecule has 0 bridgehead atoms. The van der Waals surface area contributed by atoms with Crippen molar-refractivity contribution in [2.45, 2.75) is 31.1 Å². The molecule has 0 spiro atoms. The number of likely N-dealkylation sites (N-methyl/N-ethyl adjacent to an activating group) is 1. The first-order valence-electron chi connectivity index (χ1n) is 8.80. The summed E-state index contributed by atoms with van der Waals surface area (Å²) in [5, 5.41) is 1.92. The molecule has 12 heteroatoms. The van der Waals surface area contributed by atoms with Gasteiger partial charge in [0.1, 0.15) is 0 Å². The number of sulfonamides is 1. The third-order valence-electron chi connectivity index (χ3n) is 4.20. The molecule has 5 nitrogen and oxygen atoms in total. The van der Waals surface area contributed by atoms with Crippen LogP contribution in [0.15, 0.2) is 47.4 Å². The number of carbonyl (C=O) groups excluding carboxylic acids is 1. The number of aryl methyl sites for hydroxylation is 1. The van der Waals surface area contributed by atoms with Crippen molar-refractivity contribution in [2.24, 2.45) is 0 Å². The van der Waals surface area contributed by atoms with Gasteiger partial charge in [0.2, 0.25) is 15.9 Å². The van der Waals surface area contributed by atoms with Crippen LogP contribution >= 0.6 is 0 Å². The van der Waals surface area contributed by atoms with Crippen LogP contribution in [0, 0.1) is 6.92 Å². The van der Waals surface area contributed by atoms with E-state index in [1.165, 1.54) is 19.1 Å². The van der Waals surface area contributed by atoms with Gasteiger partial charge in [-0.25, -0.2) is 8.42 Å². The average molecular weight is 468 g/mol.